The first kappa shape index (κ1) is 14.3. The molecule has 0 amide bonds. The molecular weight excluding hydrogens is 220 g/mol. The monoisotopic (exact) mass is 252 g/mol. The Balaban J connectivity index is 2.03. The minimum Gasteiger partial charge on any atom is -0.317 e. The van der Waals surface area contributed by atoms with Gasteiger partial charge in [0.05, 0.1) is 0 Å². The van der Waals surface area contributed by atoms with Crippen LogP contribution in [0.3, 0.4) is 0 Å². The molecular formula is C16H32N2. The second-order valence-electron chi connectivity index (χ2n) is 6.54. The van der Waals surface area contributed by atoms with Crippen LogP contribution in [0.5, 0.6) is 0 Å². The van der Waals surface area contributed by atoms with Crippen molar-refractivity contribution in [3.05, 3.63) is 0 Å². The fourth-order valence-electron chi connectivity index (χ4n) is 4.37. The molecule has 0 bridgehead atoms. The van der Waals surface area contributed by atoms with E-state index in [2.05, 4.69) is 38.0 Å². The molecule has 1 heterocycles. The molecule has 2 heteroatoms. The van der Waals surface area contributed by atoms with Crippen LogP contribution in [0.1, 0.15) is 59.3 Å². The van der Waals surface area contributed by atoms with E-state index in [4.69, 9.17) is 0 Å². The number of rotatable bonds is 3. The summed E-state index contributed by atoms with van der Waals surface area (Å²) >= 11 is 0. The van der Waals surface area contributed by atoms with Crippen LogP contribution in [-0.4, -0.2) is 36.6 Å². The van der Waals surface area contributed by atoms with Gasteiger partial charge in [0.2, 0.25) is 0 Å². The normalized spacial score (nSPS) is 43.0. The van der Waals surface area contributed by atoms with Crippen LogP contribution in [-0.2, 0) is 0 Å². The zero-order valence-electron chi connectivity index (χ0n) is 12.8. The van der Waals surface area contributed by atoms with Gasteiger partial charge in [-0.2, -0.15) is 0 Å². The summed E-state index contributed by atoms with van der Waals surface area (Å²) in [7, 11) is 2.12. The van der Waals surface area contributed by atoms with Gasteiger partial charge in [-0.15, -0.1) is 0 Å². The summed E-state index contributed by atoms with van der Waals surface area (Å²) in [5.74, 6) is 1.74. The molecule has 2 fully saturated rings. The van der Waals surface area contributed by atoms with Gasteiger partial charge in [-0.25, -0.2) is 0 Å². The number of likely N-dealkylation sites (tertiary alicyclic amines) is 1. The molecule has 1 saturated heterocycles. The number of hydrogen-bond donors (Lipinski definition) is 1. The van der Waals surface area contributed by atoms with E-state index in [-0.39, 0.29) is 0 Å². The van der Waals surface area contributed by atoms with Crippen molar-refractivity contribution in [1.29, 1.82) is 0 Å². The van der Waals surface area contributed by atoms with Crippen LogP contribution in [0.4, 0.5) is 0 Å². The molecule has 2 aliphatic rings. The van der Waals surface area contributed by atoms with E-state index in [9.17, 15) is 0 Å². The highest BCUT2D eigenvalue weighted by Crippen LogP contribution is 2.35. The number of hydrogen-bond acceptors (Lipinski definition) is 2. The minimum absolute atomic E-state index is 0.722. The standard InChI is InChI=1S/C16H32N2/c1-5-14-8-6-7-9-16(14)18-11-10-15(17-4)12(2)13(18)3/h12-17H,5-11H2,1-4H3. The third-order valence-corrected chi connectivity index (χ3v) is 5.81. The smallest absolute Gasteiger partial charge is 0.0126 e. The first-order valence-electron chi connectivity index (χ1n) is 8.12. The third-order valence-electron chi connectivity index (χ3n) is 5.81. The Kier molecular flexibility index (Phi) is 5.08. The van der Waals surface area contributed by atoms with Crippen molar-refractivity contribution >= 4 is 0 Å². The highest BCUT2D eigenvalue weighted by Gasteiger charge is 2.38. The summed E-state index contributed by atoms with van der Waals surface area (Å²) in [4.78, 5) is 2.85. The lowest BCUT2D eigenvalue weighted by Crippen LogP contribution is -2.57. The minimum atomic E-state index is 0.722. The van der Waals surface area contributed by atoms with Gasteiger partial charge in [0.25, 0.3) is 0 Å². The molecule has 2 rings (SSSR count). The second-order valence-corrected chi connectivity index (χ2v) is 6.54. The van der Waals surface area contributed by atoms with Crippen molar-refractivity contribution in [2.45, 2.75) is 77.4 Å². The summed E-state index contributed by atoms with van der Waals surface area (Å²) in [6.45, 7) is 8.58. The lowest BCUT2D eigenvalue weighted by atomic mass is 9.78. The van der Waals surface area contributed by atoms with E-state index in [0.29, 0.717) is 0 Å². The molecule has 2 nitrogen and oxygen atoms in total. The zero-order chi connectivity index (χ0) is 13.1. The predicted molar refractivity (Wildman–Crippen MR) is 78.8 cm³/mol. The van der Waals surface area contributed by atoms with Crippen LogP contribution >= 0.6 is 0 Å². The van der Waals surface area contributed by atoms with Gasteiger partial charge in [-0.05, 0) is 45.1 Å². The largest absolute Gasteiger partial charge is 0.317 e. The molecule has 18 heavy (non-hydrogen) atoms. The van der Waals surface area contributed by atoms with E-state index in [1.807, 2.05) is 0 Å². The maximum Gasteiger partial charge on any atom is 0.0126 e. The molecule has 0 spiro atoms. The van der Waals surface area contributed by atoms with Crippen molar-refractivity contribution < 1.29 is 0 Å². The first-order valence-corrected chi connectivity index (χ1v) is 8.12. The topological polar surface area (TPSA) is 15.3 Å². The van der Waals surface area contributed by atoms with Gasteiger partial charge in [0.1, 0.15) is 0 Å². The van der Waals surface area contributed by atoms with Gasteiger partial charge in [0.15, 0.2) is 0 Å². The highest BCUT2D eigenvalue weighted by molar-refractivity contribution is 4.93. The summed E-state index contributed by atoms with van der Waals surface area (Å²) in [5.41, 5.74) is 0. The van der Waals surface area contributed by atoms with Crippen molar-refractivity contribution in [3.63, 3.8) is 0 Å². The highest BCUT2D eigenvalue weighted by atomic mass is 15.2. The average Bonchev–Trinajstić information content (AvgIpc) is 2.42. The van der Waals surface area contributed by atoms with E-state index < -0.39 is 0 Å². The van der Waals surface area contributed by atoms with Crippen molar-refractivity contribution in [3.8, 4) is 0 Å². The molecule has 5 atom stereocenters. The molecule has 5 unspecified atom stereocenters. The van der Waals surface area contributed by atoms with Gasteiger partial charge in [0, 0.05) is 24.7 Å². The molecule has 1 aliphatic carbocycles. The summed E-state index contributed by atoms with van der Waals surface area (Å²) < 4.78 is 0. The van der Waals surface area contributed by atoms with Gasteiger partial charge in [-0.1, -0.05) is 33.1 Å². The van der Waals surface area contributed by atoms with Crippen molar-refractivity contribution in [2.75, 3.05) is 13.6 Å². The Morgan fingerprint density at radius 1 is 1.11 bits per heavy atom. The zero-order valence-corrected chi connectivity index (χ0v) is 12.8. The van der Waals surface area contributed by atoms with Crippen molar-refractivity contribution in [2.24, 2.45) is 11.8 Å². The Morgan fingerprint density at radius 3 is 2.50 bits per heavy atom. The molecule has 0 aromatic heterocycles. The summed E-state index contributed by atoms with van der Waals surface area (Å²) in [5, 5.41) is 3.51. The van der Waals surface area contributed by atoms with E-state index >= 15 is 0 Å². The molecule has 1 aliphatic heterocycles. The maximum absolute atomic E-state index is 3.51. The average molecular weight is 252 g/mol. The van der Waals surface area contributed by atoms with Crippen LogP contribution < -0.4 is 5.32 Å². The quantitative estimate of drug-likeness (QED) is 0.829. The Morgan fingerprint density at radius 2 is 1.83 bits per heavy atom. The second kappa shape index (κ2) is 6.38. The fraction of sp³-hybridized carbons (Fsp3) is 1.00. The van der Waals surface area contributed by atoms with Crippen LogP contribution in [0.25, 0.3) is 0 Å². The molecule has 0 aromatic rings. The summed E-state index contributed by atoms with van der Waals surface area (Å²) in [6.07, 6.45) is 8.53. The van der Waals surface area contributed by atoms with Crippen LogP contribution in [0.15, 0.2) is 0 Å². The first-order chi connectivity index (χ1) is 8.69. The lowest BCUT2D eigenvalue weighted by molar-refractivity contribution is 0.00738. The Labute approximate surface area is 114 Å². The third kappa shape index (κ3) is 2.75. The number of nitrogens with one attached hydrogen (secondary N) is 1. The van der Waals surface area contributed by atoms with E-state index in [1.165, 1.54) is 45.1 Å². The molecule has 106 valence electrons. The van der Waals surface area contributed by atoms with E-state index in [1.54, 1.807) is 0 Å². The van der Waals surface area contributed by atoms with Crippen LogP contribution in [0.2, 0.25) is 0 Å². The lowest BCUT2D eigenvalue weighted by Gasteiger charge is -2.49. The maximum atomic E-state index is 3.51. The fourth-order valence-corrected chi connectivity index (χ4v) is 4.37. The molecule has 0 radical (unpaired) electrons. The number of piperidine rings is 1. The summed E-state index contributed by atoms with van der Waals surface area (Å²) in [6, 6.07) is 2.34. The Hall–Kier alpha value is -0.0800. The number of nitrogens with zero attached hydrogens (tertiary/aromatic N) is 1. The molecule has 0 aromatic carbocycles. The van der Waals surface area contributed by atoms with E-state index in [0.717, 1.165) is 30.0 Å². The van der Waals surface area contributed by atoms with Crippen LogP contribution in [0, 0.1) is 11.8 Å². The predicted octanol–water partition coefficient (Wildman–Crippen LogP) is 3.27. The SMILES string of the molecule is CCC1CCCCC1N1CCC(NC)C(C)C1C. The van der Waals surface area contributed by atoms with Crippen molar-refractivity contribution in [1.82, 2.24) is 10.2 Å². The van der Waals surface area contributed by atoms with Gasteiger partial charge < -0.3 is 5.32 Å². The van der Waals surface area contributed by atoms with Gasteiger partial charge in [-0.3, -0.25) is 4.90 Å². The molecule has 1 N–H and O–H groups in total. The Bertz CT molecular complexity index is 253. The molecule has 1 saturated carbocycles. The van der Waals surface area contributed by atoms with Gasteiger partial charge >= 0.3 is 0 Å².